The molecule has 0 saturated heterocycles. The van der Waals surface area contributed by atoms with Crippen molar-refractivity contribution >= 4 is 67.8 Å². The highest BCUT2D eigenvalue weighted by atomic mass is 79.9. The Morgan fingerprint density at radius 2 is 1.25 bits per heavy atom. The summed E-state index contributed by atoms with van der Waals surface area (Å²) in [6, 6.07) is 0. The second-order valence-corrected chi connectivity index (χ2v) is 6.51. The molecule has 4 nitrogen and oxygen atoms in total. The van der Waals surface area contributed by atoms with E-state index in [0.29, 0.717) is 0 Å². The Balaban J connectivity index is 0.00000180. The van der Waals surface area contributed by atoms with Gasteiger partial charge in [-0.25, -0.2) is 0 Å². The topological polar surface area (TPSA) is 48.8 Å². The van der Waals surface area contributed by atoms with Crippen molar-refractivity contribution in [2.24, 2.45) is 9.98 Å². The maximum Gasteiger partial charge on any atom is 0.156 e. The van der Waals surface area contributed by atoms with Crippen molar-refractivity contribution in [2.45, 2.75) is 25.7 Å². The smallest absolute Gasteiger partial charge is 0.156 e. The monoisotopic (exact) mass is 446 g/mol. The molecule has 0 spiro atoms. The Labute approximate surface area is 151 Å². The van der Waals surface area contributed by atoms with Crippen LogP contribution in [0.3, 0.4) is 0 Å². The Morgan fingerprint density at radius 3 is 1.60 bits per heavy atom. The van der Waals surface area contributed by atoms with Gasteiger partial charge in [0.15, 0.2) is 10.3 Å². The van der Waals surface area contributed by atoms with E-state index in [1.54, 1.807) is 0 Å². The van der Waals surface area contributed by atoms with Gasteiger partial charge in [-0.15, -0.1) is 34.0 Å². The van der Waals surface area contributed by atoms with Crippen molar-refractivity contribution in [3.63, 3.8) is 0 Å². The maximum atomic E-state index is 4.45. The SMILES string of the molecule is Br.Br.C1CN=C(SCCCCSC2=NCCCN2)NC1. The normalized spacial score (nSPS) is 17.6. The minimum atomic E-state index is 0. The van der Waals surface area contributed by atoms with Gasteiger partial charge in [-0.3, -0.25) is 9.98 Å². The van der Waals surface area contributed by atoms with Gasteiger partial charge in [0.2, 0.25) is 0 Å². The fraction of sp³-hybridized carbons (Fsp3) is 0.833. The van der Waals surface area contributed by atoms with Gasteiger partial charge in [0, 0.05) is 37.7 Å². The summed E-state index contributed by atoms with van der Waals surface area (Å²) in [5, 5.41) is 8.97. The molecule has 2 N–H and O–H groups in total. The van der Waals surface area contributed by atoms with E-state index < -0.39 is 0 Å². The number of nitrogens with zero attached hydrogens (tertiary/aromatic N) is 2. The molecule has 2 rings (SSSR count). The molecule has 0 aliphatic carbocycles. The predicted octanol–water partition coefficient (Wildman–Crippen LogP) is 3.09. The molecule has 2 aliphatic heterocycles. The summed E-state index contributed by atoms with van der Waals surface area (Å²) < 4.78 is 0. The van der Waals surface area contributed by atoms with E-state index in [4.69, 9.17) is 0 Å². The number of amidine groups is 2. The van der Waals surface area contributed by atoms with E-state index in [-0.39, 0.29) is 34.0 Å². The van der Waals surface area contributed by atoms with Crippen molar-refractivity contribution < 1.29 is 0 Å². The molecule has 118 valence electrons. The van der Waals surface area contributed by atoms with Crippen LogP contribution in [0.5, 0.6) is 0 Å². The van der Waals surface area contributed by atoms with Crippen LogP contribution in [0.4, 0.5) is 0 Å². The Kier molecular flexibility index (Phi) is 13.7. The highest BCUT2D eigenvalue weighted by molar-refractivity contribution is 8.93. The molecule has 0 radical (unpaired) electrons. The Bertz CT molecular complexity index is 284. The van der Waals surface area contributed by atoms with Gasteiger partial charge in [-0.2, -0.15) is 0 Å². The molecule has 0 aromatic carbocycles. The molecular weight excluding hydrogens is 424 g/mol. The van der Waals surface area contributed by atoms with Gasteiger partial charge in [-0.1, -0.05) is 23.5 Å². The van der Waals surface area contributed by atoms with Crippen LogP contribution in [0.25, 0.3) is 0 Å². The second-order valence-electron chi connectivity index (χ2n) is 4.34. The van der Waals surface area contributed by atoms with Crippen LogP contribution in [0.1, 0.15) is 25.7 Å². The molecule has 8 heteroatoms. The first-order chi connectivity index (χ1) is 8.95. The summed E-state index contributed by atoms with van der Waals surface area (Å²) in [6.07, 6.45) is 4.86. The average molecular weight is 448 g/mol. The molecule has 2 aliphatic rings. The van der Waals surface area contributed by atoms with Crippen molar-refractivity contribution in [1.82, 2.24) is 10.6 Å². The Morgan fingerprint density at radius 1 is 0.800 bits per heavy atom. The zero-order valence-electron chi connectivity index (χ0n) is 11.6. The summed E-state index contributed by atoms with van der Waals surface area (Å²) in [7, 11) is 0. The predicted molar refractivity (Wildman–Crippen MR) is 105 cm³/mol. The fourth-order valence-electron chi connectivity index (χ4n) is 1.76. The molecule has 0 aromatic rings. The van der Waals surface area contributed by atoms with Gasteiger partial charge in [-0.05, 0) is 25.7 Å². The van der Waals surface area contributed by atoms with E-state index in [1.807, 2.05) is 23.5 Å². The lowest BCUT2D eigenvalue weighted by Crippen LogP contribution is -2.27. The summed E-state index contributed by atoms with van der Waals surface area (Å²) in [4.78, 5) is 8.91. The van der Waals surface area contributed by atoms with E-state index >= 15 is 0 Å². The van der Waals surface area contributed by atoms with Crippen LogP contribution in [-0.2, 0) is 0 Å². The van der Waals surface area contributed by atoms with Gasteiger partial charge in [0.1, 0.15) is 0 Å². The summed E-state index contributed by atoms with van der Waals surface area (Å²) in [5.41, 5.74) is 0. The third-order valence-corrected chi connectivity index (χ3v) is 4.83. The van der Waals surface area contributed by atoms with Crippen LogP contribution in [0.15, 0.2) is 9.98 Å². The molecule has 0 amide bonds. The lowest BCUT2D eigenvalue weighted by atomic mass is 10.4. The number of rotatable bonds is 5. The summed E-state index contributed by atoms with van der Waals surface area (Å²) >= 11 is 3.73. The lowest BCUT2D eigenvalue weighted by Gasteiger charge is -2.14. The second kappa shape index (κ2) is 13.3. The highest BCUT2D eigenvalue weighted by Crippen LogP contribution is 2.12. The zero-order chi connectivity index (χ0) is 12.5. The minimum Gasteiger partial charge on any atom is -0.365 e. The lowest BCUT2D eigenvalue weighted by molar-refractivity contribution is 0.750. The molecule has 0 atom stereocenters. The van der Waals surface area contributed by atoms with Gasteiger partial charge >= 0.3 is 0 Å². The minimum absolute atomic E-state index is 0. The van der Waals surface area contributed by atoms with E-state index in [0.717, 1.165) is 36.5 Å². The average Bonchev–Trinajstić information content (AvgIpc) is 2.45. The number of hydrogen-bond donors (Lipinski definition) is 2. The van der Waals surface area contributed by atoms with Gasteiger partial charge in [0.05, 0.1) is 0 Å². The molecule has 0 aromatic heterocycles. The van der Waals surface area contributed by atoms with E-state index in [2.05, 4.69) is 20.6 Å². The number of aliphatic imine (C=N–C) groups is 2. The number of halogens is 2. The van der Waals surface area contributed by atoms with Crippen LogP contribution >= 0.6 is 57.5 Å². The van der Waals surface area contributed by atoms with E-state index in [9.17, 15) is 0 Å². The van der Waals surface area contributed by atoms with Crippen molar-refractivity contribution in [1.29, 1.82) is 0 Å². The van der Waals surface area contributed by atoms with Gasteiger partial charge < -0.3 is 10.6 Å². The van der Waals surface area contributed by atoms with Gasteiger partial charge in [0.25, 0.3) is 0 Å². The van der Waals surface area contributed by atoms with Crippen molar-refractivity contribution in [2.75, 3.05) is 37.7 Å². The zero-order valence-corrected chi connectivity index (χ0v) is 16.7. The molecule has 20 heavy (non-hydrogen) atoms. The first-order valence-electron chi connectivity index (χ1n) is 6.77. The highest BCUT2D eigenvalue weighted by Gasteiger charge is 2.05. The fourth-order valence-corrected chi connectivity index (χ4v) is 3.61. The van der Waals surface area contributed by atoms with E-state index in [1.165, 1.54) is 37.2 Å². The number of hydrogen-bond acceptors (Lipinski definition) is 6. The molecule has 0 bridgehead atoms. The first-order valence-corrected chi connectivity index (χ1v) is 8.74. The van der Waals surface area contributed by atoms with Crippen molar-refractivity contribution in [3.8, 4) is 0 Å². The molecule has 0 unspecified atom stereocenters. The molecular formula is C12H24Br2N4S2. The third-order valence-electron chi connectivity index (χ3n) is 2.75. The standard InChI is InChI=1S/C12H22N4S2.2BrH/c1(9-17-11-13-5-3-6-14-11)2-10-18-12-15-7-4-8-16-12;;/h1-10H2,(H,13,14)(H,15,16);2*1H. The van der Waals surface area contributed by atoms with Crippen LogP contribution in [-0.4, -0.2) is 48.0 Å². The number of thioether (sulfide) groups is 2. The van der Waals surface area contributed by atoms with Crippen LogP contribution in [0.2, 0.25) is 0 Å². The van der Waals surface area contributed by atoms with Crippen LogP contribution < -0.4 is 10.6 Å². The maximum absolute atomic E-state index is 4.45. The Hall–Kier alpha value is 0.600. The number of unbranched alkanes of at least 4 members (excludes halogenated alkanes) is 1. The molecule has 0 fully saturated rings. The molecule has 0 saturated carbocycles. The quantitative estimate of drug-likeness (QED) is 0.635. The summed E-state index contributed by atoms with van der Waals surface area (Å²) in [6.45, 7) is 4.17. The molecule has 2 heterocycles. The number of nitrogens with one attached hydrogen (secondary N) is 2. The first kappa shape index (κ1) is 20.6. The third kappa shape index (κ3) is 8.79. The largest absolute Gasteiger partial charge is 0.365 e. The summed E-state index contributed by atoms with van der Waals surface area (Å²) in [5.74, 6) is 2.35. The van der Waals surface area contributed by atoms with Crippen molar-refractivity contribution in [3.05, 3.63) is 0 Å². The van der Waals surface area contributed by atoms with Crippen LogP contribution in [0, 0.1) is 0 Å².